The highest BCUT2D eigenvalue weighted by Gasteiger charge is 2.26. The second kappa shape index (κ2) is 9.78. The van der Waals surface area contributed by atoms with Crippen LogP contribution in [-0.4, -0.2) is 59.3 Å². The number of hydrogen-bond acceptors (Lipinski definition) is 5. The third-order valence-corrected chi connectivity index (χ3v) is 5.65. The van der Waals surface area contributed by atoms with Crippen molar-refractivity contribution in [2.75, 3.05) is 37.6 Å². The minimum Gasteiger partial charge on any atom is -0.362 e. The van der Waals surface area contributed by atoms with E-state index >= 15 is 0 Å². The number of amides is 2. The summed E-state index contributed by atoms with van der Waals surface area (Å²) < 4.78 is 0. The van der Waals surface area contributed by atoms with Gasteiger partial charge in [0, 0.05) is 62.8 Å². The highest BCUT2D eigenvalue weighted by atomic mass is 35.5. The molecule has 0 aliphatic carbocycles. The molecule has 1 saturated heterocycles. The molecule has 1 heterocycles. The van der Waals surface area contributed by atoms with E-state index < -0.39 is 4.92 Å². The van der Waals surface area contributed by atoms with Gasteiger partial charge in [0.05, 0.1) is 4.92 Å². The van der Waals surface area contributed by atoms with Gasteiger partial charge < -0.3 is 14.7 Å². The fourth-order valence-corrected chi connectivity index (χ4v) is 3.91. The van der Waals surface area contributed by atoms with Crippen LogP contribution in [0.4, 0.5) is 11.4 Å². The number of hydrogen-bond donors (Lipinski definition) is 0. The van der Waals surface area contributed by atoms with Gasteiger partial charge in [-0.25, -0.2) is 0 Å². The summed E-state index contributed by atoms with van der Waals surface area (Å²) in [5.41, 5.74) is 1.50. The molecule has 8 nitrogen and oxygen atoms in total. The Labute approximate surface area is 186 Å². The van der Waals surface area contributed by atoms with E-state index in [-0.39, 0.29) is 23.1 Å². The molecule has 31 heavy (non-hydrogen) atoms. The van der Waals surface area contributed by atoms with Crippen molar-refractivity contribution in [3.05, 3.63) is 68.7 Å². The summed E-state index contributed by atoms with van der Waals surface area (Å²) in [6.45, 7) is 6.22. The molecule has 164 valence electrons. The molecular weight excluding hydrogens is 420 g/mol. The summed E-state index contributed by atoms with van der Waals surface area (Å²) in [5, 5.41) is 12.3. The van der Waals surface area contributed by atoms with Crippen molar-refractivity contribution in [3.63, 3.8) is 0 Å². The molecule has 0 radical (unpaired) electrons. The Morgan fingerprint density at radius 3 is 2.42 bits per heavy atom. The predicted octanol–water partition coefficient (Wildman–Crippen LogP) is 3.58. The van der Waals surface area contributed by atoms with Crippen molar-refractivity contribution in [1.82, 2.24) is 9.80 Å². The molecule has 0 atom stereocenters. The maximum absolute atomic E-state index is 13.1. The molecule has 1 fully saturated rings. The molecule has 0 aromatic heterocycles. The molecule has 0 bridgehead atoms. The highest BCUT2D eigenvalue weighted by molar-refractivity contribution is 6.30. The van der Waals surface area contributed by atoms with E-state index in [1.165, 1.54) is 13.0 Å². The fourth-order valence-electron chi connectivity index (χ4n) is 3.70. The normalized spacial score (nSPS) is 13.8. The van der Waals surface area contributed by atoms with Crippen LogP contribution in [0.2, 0.25) is 5.02 Å². The van der Waals surface area contributed by atoms with Gasteiger partial charge in [-0.05, 0) is 36.8 Å². The minimum atomic E-state index is -0.462. The minimum absolute atomic E-state index is 0.00513. The quantitative estimate of drug-likeness (QED) is 0.502. The lowest BCUT2D eigenvalue weighted by Gasteiger charge is -2.35. The van der Waals surface area contributed by atoms with E-state index in [4.69, 9.17) is 11.6 Å². The fraction of sp³-hybridized carbons (Fsp3) is 0.364. The summed E-state index contributed by atoms with van der Waals surface area (Å²) in [6.07, 6.45) is 0. The summed E-state index contributed by atoms with van der Waals surface area (Å²) in [4.78, 5) is 41.1. The first kappa shape index (κ1) is 22.6. The van der Waals surface area contributed by atoms with Gasteiger partial charge in [0.25, 0.3) is 11.6 Å². The summed E-state index contributed by atoms with van der Waals surface area (Å²) in [6, 6.07) is 11.9. The molecule has 0 N–H and O–H groups in total. The van der Waals surface area contributed by atoms with Crippen LogP contribution in [0.25, 0.3) is 0 Å². The Morgan fingerprint density at radius 2 is 1.84 bits per heavy atom. The SMILES string of the molecule is CCN(Cc1cccc(Cl)c1)C(=O)c1ccc(N2CCN(C(C)=O)CC2)c([N+](=O)[O-])c1. The molecule has 2 amide bonds. The number of rotatable bonds is 6. The van der Waals surface area contributed by atoms with Gasteiger partial charge in [-0.15, -0.1) is 0 Å². The molecular formula is C22H25ClN4O4. The third-order valence-electron chi connectivity index (χ3n) is 5.42. The zero-order valence-electron chi connectivity index (χ0n) is 17.6. The smallest absolute Gasteiger partial charge is 0.293 e. The van der Waals surface area contributed by atoms with Gasteiger partial charge in [0.1, 0.15) is 5.69 Å². The van der Waals surface area contributed by atoms with Crippen LogP contribution in [0, 0.1) is 10.1 Å². The van der Waals surface area contributed by atoms with Crippen molar-refractivity contribution >= 4 is 34.8 Å². The second-order valence-corrected chi connectivity index (χ2v) is 7.84. The number of nitro benzene ring substituents is 1. The van der Waals surface area contributed by atoms with Crippen LogP contribution >= 0.6 is 11.6 Å². The average Bonchev–Trinajstić information content (AvgIpc) is 2.76. The second-order valence-electron chi connectivity index (χ2n) is 7.40. The largest absolute Gasteiger partial charge is 0.362 e. The molecule has 0 saturated carbocycles. The first-order chi connectivity index (χ1) is 14.8. The van der Waals surface area contributed by atoms with Crippen molar-refractivity contribution < 1.29 is 14.5 Å². The maximum atomic E-state index is 13.1. The summed E-state index contributed by atoms with van der Waals surface area (Å²) in [5.74, 6) is -0.284. The number of nitro groups is 1. The zero-order chi connectivity index (χ0) is 22.5. The Balaban J connectivity index is 1.81. The van der Waals surface area contributed by atoms with E-state index in [2.05, 4.69) is 0 Å². The Morgan fingerprint density at radius 1 is 1.13 bits per heavy atom. The number of benzene rings is 2. The van der Waals surface area contributed by atoms with E-state index in [9.17, 15) is 19.7 Å². The van der Waals surface area contributed by atoms with E-state index in [0.717, 1.165) is 5.56 Å². The van der Waals surface area contributed by atoms with Gasteiger partial charge in [-0.1, -0.05) is 23.7 Å². The first-order valence-electron chi connectivity index (χ1n) is 10.1. The Bertz CT molecular complexity index is 989. The molecule has 2 aromatic rings. The third kappa shape index (κ3) is 5.32. The van der Waals surface area contributed by atoms with Gasteiger partial charge in [-0.3, -0.25) is 19.7 Å². The van der Waals surface area contributed by atoms with Crippen molar-refractivity contribution in [3.8, 4) is 0 Å². The standard InChI is InChI=1S/C22H25ClN4O4/c1-3-24(15-17-5-4-6-19(23)13-17)22(29)18-7-8-20(21(14-18)27(30)31)26-11-9-25(10-12-26)16(2)28/h4-8,13-14H,3,9-12,15H2,1-2H3. The number of carbonyl (C=O) groups is 2. The van der Waals surface area contributed by atoms with Crippen LogP contribution in [0.15, 0.2) is 42.5 Å². The van der Waals surface area contributed by atoms with Gasteiger partial charge >= 0.3 is 0 Å². The highest BCUT2D eigenvalue weighted by Crippen LogP contribution is 2.31. The predicted molar refractivity (Wildman–Crippen MR) is 119 cm³/mol. The first-order valence-corrected chi connectivity index (χ1v) is 10.5. The molecule has 1 aliphatic rings. The molecule has 9 heteroatoms. The topological polar surface area (TPSA) is 87.0 Å². The molecule has 1 aliphatic heterocycles. The van der Waals surface area contributed by atoms with Crippen molar-refractivity contribution in [2.45, 2.75) is 20.4 Å². The van der Waals surface area contributed by atoms with E-state index in [1.807, 2.05) is 24.0 Å². The Hall–Kier alpha value is -3.13. The van der Waals surface area contributed by atoms with Crippen LogP contribution in [0.3, 0.4) is 0 Å². The summed E-state index contributed by atoms with van der Waals surface area (Å²) in [7, 11) is 0. The number of anilines is 1. The van der Waals surface area contributed by atoms with Gasteiger partial charge in [-0.2, -0.15) is 0 Å². The lowest BCUT2D eigenvalue weighted by Crippen LogP contribution is -2.48. The molecule has 0 spiro atoms. The molecule has 3 rings (SSSR count). The van der Waals surface area contributed by atoms with E-state index in [1.54, 1.807) is 34.1 Å². The molecule has 2 aromatic carbocycles. The van der Waals surface area contributed by atoms with E-state index in [0.29, 0.717) is 50.0 Å². The number of carbonyl (C=O) groups excluding carboxylic acids is 2. The molecule has 0 unspecified atom stereocenters. The van der Waals surface area contributed by atoms with Gasteiger partial charge in [0.2, 0.25) is 5.91 Å². The number of piperazine rings is 1. The monoisotopic (exact) mass is 444 g/mol. The Kier molecular flexibility index (Phi) is 7.12. The van der Waals surface area contributed by atoms with Gasteiger partial charge in [0.15, 0.2) is 0 Å². The average molecular weight is 445 g/mol. The number of halogens is 1. The number of nitrogens with zero attached hydrogens (tertiary/aromatic N) is 4. The lowest BCUT2D eigenvalue weighted by molar-refractivity contribution is -0.384. The summed E-state index contributed by atoms with van der Waals surface area (Å²) >= 11 is 6.04. The van der Waals surface area contributed by atoms with Crippen molar-refractivity contribution in [2.24, 2.45) is 0 Å². The van der Waals surface area contributed by atoms with Crippen LogP contribution in [0.1, 0.15) is 29.8 Å². The van der Waals surface area contributed by atoms with Crippen LogP contribution in [0.5, 0.6) is 0 Å². The van der Waals surface area contributed by atoms with Crippen molar-refractivity contribution in [1.29, 1.82) is 0 Å². The lowest BCUT2D eigenvalue weighted by atomic mass is 10.1. The van der Waals surface area contributed by atoms with Crippen LogP contribution < -0.4 is 4.90 Å². The van der Waals surface area contributed by atoms with Crippen LogP contribution in [-0.2, 0) is 11.3 Å². The maximum Gasteiger partial charge on any atom is 0.293 e. The zero-order valence-corrected chi connectivity index (χ0v) is 18.3.